The van der Waals surface area contributed by atoms with Crippen LogP contribution in [0.1, 0.15) is 32.8 Å². The van der Waals surface area contributed by atoms with E-state index in [1.54, 1.807) is 18.5 Å². The van der Waals surface area contributed by atoms with Gasteiger partial charge in [0.2, 0.25) is 0 Å². The Morgan fingerprint density at radius 1 is 1.53 bits per heavy atom. The van der Waals surface area contributed by atoms with Crippen molar-refractivity contribution in [3.63, 3.8) is 0 Å². The molecule has 3 N–H and O–H groups in total. The van der Waals surface area contributed by atoms with Crippen LogP contribution in [-0.2, 0) is 11.2 Å². The lowest BCUT2D eigenvalue weighted by molar-refractivity contribution is -0.110. The maximum atomic E-state index is 10.3. The topological polar surface area (TPSA) is 68.4 Å². The lowest BCUT2D eigenvalue weighted by atomic mass is 9.91. The van der Waals surface area contributed by atoms with Gasteiger partial charge in [-0.3, -0.25) is 4.98 Å². The van der Waals surface area contributed by atoms with Gasteiger partial charge in [-0.05, 0) is 31.9 Å². The molecule has 17 heavy (non-hydrogen) atoms. The summed E-state index contributed by atoms with van der Waals surface area (Å²) in [6.45, 7) is 6.45. The number of nitrogens with zero attached hydrogens (tertiary/aromatic N) is 1. The Morgan fingerprint density at radius 3 is 2.76 bits per heavy atom. The van der Waals surface area contributed by atoms with Crippen molar-refractivity contribution in [1.29, 1.82) is 0 Å². The zero-order valence-electron chi connectivity index (χ0n) is 10.8. The predicted molar refractivity (Wildman–Crippen MR) is 68.7 cm³/mol. The summed E-state index contributed by atoms with van der Waals surface area (Å²) in [5, 5.41) is 10.3. The summed E-state index contributed by atoms with van der Waals surface area (Å²) in [6.07, 6.45) is 3.97. The zero-order valence-corrected chi connectivity index (χ0v) is 10.8. The molecular formula is C13H22N2O2. The van der Waals surface area contributed by atoms with Crippen LogP contribution in [0.5, 0.6) is 0 Å². The number of hydrogen-bond donors (Lipinski definition) is 2. The van der Waals surface area contributed by atoms with E-state index in [-0.39, 0.29) is 0 Å². The maximum Gasteiger partial charge on any atom is 0.0912 e. The first kappa shape index (κ1) is 13.9. The van der Waals surface area contributed by atoms with Gasteiger partial charge in [0.05, 0.1) is 11.7 Å². The lowest BCUT2D eigenvalue weighted by Crippen LogP contribution is -2.43. The Morgan fingerprint density at radius 2 is 2.24 bits per heavy atom. The Kier molecular flexibility index (Phi) is 4.90. The third kappa shape index (κ3) is 3.41. The summed E-state index contributed by atoms with van der Waals surface area (Å²) in [5.41, 5.74) is 6.83. The molecule has 2 unspecified atom stereocenters. The summed E-state index contributed by atoms with van der Waals surface area (Å²) in [6, 6.07) is 1.74. The summed E-state index contributed by atoms with van der Waals surface area (Å²) in [5.74, 6) is 0. The number of nitrogen functional groups attached to an aromatic ring is 1. The Balaban J connectivity index is 2.77. The highest BCUT2D eigenvalue weighted by Gasteiger charge is 2.32. The molecule has 2 atom stereocenters. The first-order valence-electron chi connectivity index (χ1n) is 6.03. The zero-order chi connectivity index (χ0) is 12.9. The Bertz CT molecular complexity index is 357. The highest BCUT2D eigenvalue weighted by Crippen LogP contribution is 2.24. The molecule has 1 heterocycles. The van der Waals surface area contributed by atoms with E-state index in [0.717, 1.165) is 12.0 Å². The number of hydrogen-bond acceptors (Lipinski definition) is 4. The van der Waals surface area contributed by atoms with Crippen LogP contribution in [-0.4, -0.2) is 28.4 Å². The number of aliphatic hydroxyl groups excluding tert-OH is 1. The quantitative estimate of drug-likeness (QED) is 0.792. The van der Waals surface area contributed by atoms with Gasteiger partial charge in [0.25, 0.3) is 0 Å². The molecule has 0 saturated carbocycles. The number of ether oxygens (including phenoxy) is 1. The molecular weight excluding hydrogens is 216 g/mol. The molecule has 0 bridgehead atoms. The van der Waals surface area contributed by atoms with Crippen molar-refractivity contribution >= 4 is 5.69 Å². The number of pyridine rings is 1. The summed E-state index contributed by atoms with van der Waals surface area (Å²) in [4.78, 5) is 4.02. The van der Waals surface area contributed by atoms with Crippen molar-refractivity contribution in [2.75, 3.05) is 12.3 Å². The summed E-state index contributed by atoms with van der Waals surface area (Å²) >= 11 is 0. The van der Waals surface area contributed by atoms with Crippen LogP contribution < -0.4 is 5.73 Å². The van der Waals surface area contributed by atoms with E-state index in [4.69, 9.17) is 10.5 Å². The van der Waals surface area contributed by atoms with Crippen molar-refractivity contribution in [3.05, 3.63) is 24.0 Å². The standard InChI is InChI=1S/C13H22N2O2/c1-4-13(3,17-5-2)12(16)8-10-9-15-7-6-11(10)14/h6-7,9,12,16H,4-5,8H2,1-3H3,(H2,14,15). The summed E-state index contributed by atoms with van der Waals surface area (Å²) < 4.78 is 5.64. The fourth-order valence-corrected chi connectivity index (χ4v) is 1.80. The first-order chi connectivity index (χ1) is 8.03. The average molecular weight is 238 g/mol. The molecule has 0 aliphatic carbocycles. The third-order valence-electron chi connectivity index (χ3n) is 3.24. The SMILES string of the molecule is CCOC(C)(CC)C(O)Cc1cnccc1N. The Labute approximate surface area is 103 Å². The van der Waals surface area contributed by atoms with Crippen molar-refractivity contribution < 1.29 is 9.84 Å². The van der Waals surface area contributed by atoms with E-state index >= 15 is 0 Å². The number of nitrogens with two attached hydrogens (primary N) is 1. The summed E-state index contributed by atoms with van der Waals surface area (Å²) in [7, 11) is 0. The van der Waals surface area contributed by atoms with Crippen LogP contribution >= 0.6 is 0 Å². The second kappa shape index (κ2) is 5.98. The van der Waals surface area contributed by atoms with E-state index in [9.17, 15) is 5.11 Å². The van der Waals surface area contributed by atoms with Crippen LogP contribution in [0.15, 0.2) is 18.5 Å². The molecule has 4 heteroatoms. The van der Waals surface area contributed by atoms with E-state index in [0.29, 0.717) is 18.7 Å². The Hall–Kier alpha value is -1.13. The van der Waals surface area contributed by atoms with Gasteiger partial charge in [-0.25, -0.2) is 0 Å². The highest BCUT2D eigenvalue weighted by atomic mass is 16.5. The van der Waals surface area contributed by atoms with Crippen molar-refractivity contribution in [2.24, 2.45) is 0 Å². The van der Waals surface area contributed by atoms with Crippen LogP contribution in [0.25, 0.3) is 0 Å². The minimum absolute atomic E-state index is 0.462. The van der Waals surface area contributed by atoms with Gasteiger partial charge in [0, 0.05) is 31.1 Å². The molecule has 0 saturated heterocycles. The molecule has 0 aliphatic heterocycles. The van der Waals surface area contributed by atoms with E-state index < -0.39 is 11.7 Å². The predicted octanol–water partition coefficient (Wildman–Crippen LogP) is 1.77. The monoisotopic (exact) mass is 238 g/mol. The highest BCUT2D eigenvalue weighted by molar-refractivity contribution is 5.44. The molecule has 1 rings (SSSR count). The molecule has 0 fully saturated rings. The van der Waals surface area contributed by atoms with E-state index in [1.165, 1.54) is 0 Å². The van der Waals surface area contributed by atoms with E-state index in [2.05, 4.69) is 4.98 Å². The molecule has 0 spiro atoms. The molecule has 1 aromatic heterocycles. The minimum Gasteiger partial charge on any atom is -0.398 e. The van der Waals surface area contributed by atoms with Gasteiger partial charge in [0.15, 0.2) is 0 Å². The van der Waals surface area contributed by atoms with Gasteiger partial charge >= 0.3 is 0 Å². The molecule has 1 aromatic rings. The minimum atomic E-state index is -0.584. The number of anilines is 1. The van der Waals surface area contributed by atoms with Crippen LogP contribution in [0.2, 0.25) is 0 Å². The molecule has 4 nitrogen and oxygen atoms in total. The lowest BCUT2D eigenvalue weighted by Gasteiger charge is -2.33. The molecule has 0 radical (unpaired) electrons. The van der Waals surface area contributed by atoms with Crippen LogP contribution in [0.3, 0.4) is 0 Å². The van der Waals surface area contributed by atoms with Gasteiger partial charge in [0.1, 0.15) is 0 Å². The largest absolute Gasteiger partial charge is 0.398 e. The first-order valence-corrected chi connectivity index (χ1v) is 6.03. The van der Waals surface area contributed by atoms with Gasteiger partial charge in [-0.15, -0.1) is 0 Å². The fraction of sp³-hybridized carbons (Fsp3) is 0.615. The van der Waals surface area contributed by atoms with Crippen LogP contribution in [0.4, 0.5) is 5.69 Å². The fourth-order valence-electron chi connectivity index (χ4n) is 1.80. The van der Waals surface area contributed by atoms with E-state index in [1.807, 2.05) is 20.8 Å². The van der Waals surface area contributed by atoms with Crippen LogP contribution in [0, 0.1) is 0 Å². The molecule has 0 aromatic carbocycles. The third-order valence-corrected chi connectivity index (χ3v) is 3.24. The van der Waals surface area contributed by atoms with Gasteiger partial charge < -0.3 is 15.6 Å². The van der Waals surface area contributed by atoms with Crippen molar-refractivity contribution in [2.45, 2.75) is 45.3 Å². The molecule has 96 valence electrons. The number of aromatic nitrogens is 1. The normalized spacial score (nSPS) is 16.5. The number of aliphatic hydroxyl groups is 1. The van der Waals surface area contributed by atoms with Crippen molar-refractivity contribution in [1.82, 2.24) is 4.98 Å². The maximum absolute atomic E-state index is 10.3. The second-order valence-corrected chi connectivity index (χ2v) is 4.39. The average Bonchev–Trinajstić information content (AvgIpc) is 2.32. The second-order valence-electron chi connectivity index (χ2n) is 4.39. The smallest absolute Gasteiger partial charge is 0.0912 e. The molecule has 0 aliphatic rings. The van der Waals surface area contributed by atoms with Gasteiger partial charge in [-0.1, -0.05) is 6.92 Å². The van der Waals surface area contributed by atoms with Gasteiger partial charge in [-0.2, -0.15) is 0 Å². The molecule has 0 amide bonds. The van der Waals surface area contributed by atoms with Crippen molar-refractivity contribution in [3.8, 4) is 0 Å². The number of rotatable bonds is 6.